The van der Waals surface area contributed by atoms with Crippen LogP contribution in [0.25, 0.3) is 0 Å². The van der Waals surface area contributed by atoms with Crippen LogP contribution in [0.4, 0.5) is 0 Å². The Morgan fingerprint density at radius 2 is 1.97 bits per heavy atom. The van der Waals surface area contributed by atoms with Gasteiger partial charge in [0.15, 0.2) is 0 Å². The van der Waals surface area contributed by atoms with Gasteiger partial charge in [-0.05, 0) is 49.9 Å². The number of aliphatic hydroxyl groups is 1. The molecule has 0 radical (unpaired) electrons. The zero-order valence-corrected chi connectivity index (χ0v) is 17.9. The van der Waals surface area contributed by atoms with Crippen LogP contribution < -0.4 is 4.74 Å². The van der Waals surface area contributed by atoms with Gasteiger partial charge in [-0.1, -0.05) is 6.07 Å². The highest BCUT2D eigenvalue weighted by molar-refractivity contribution is 5.77. The molecular weight excluding hydrogens is 372 g/mol. The minimum atomic E-state index is -1.16. The molecule has 2 heterocycles. The first kappa shape index (κ1) is 22.0. The average Bonchev–Trinajstić information content (AvgIpc) is 2.89. The SMILES string of the molecule is COCC(=O)N1CCN(C2CCOCC2)CC(O)(COc2ccc(C)c(C)c2)C1. The smallest absolute Gasteiger partial charge is 0.248 e. The number of amides is 1. The van der Waals surface area contributed by atoms with Gasteiger partial charge in [0.25, 0.3) is 0 Å². The Balaban J connectivity index is 1.74. The fourth-order valence-corrected chi connectivity index (χ4v) is 4.09. The molecule has 1 unspecified atom stereocenters. The van der Waals surface area contributed by atoms with E-state index in [0.717, 1.165) is 43.9 Å². The van der Waals surface area contributed by atoms with Gasteiger partial charge < -0.3 is 24.2 Å². The van der Waals surface area contributed by atoms with Crippen LogP contribution in [-0.4, -0.2) is 92.2 Å². The van der Waals surface area contributed by atoms with E-state index in [1.807, 2.05) is 25.1 Å². The van der Waals surface area contributed by atoms with Crippen molar-refractivity contribution in [3.8, 4) is 5.75 Å². The van der Waals surface area contributed by atoms with Crippen molar-refractivity contribution < 1.29 is 24.1 Å². The molecule has 2 fully saturated rings. The molecule has 7 heteroatoms. The number of hydrogen-bond donors (Lipinski definition) is 1. The van der Waals surface area contributed by atoms with Gasteiger partial charge in [-0.25, -0.2) is 0 Å². The van der Waals surface area contributed by atoms with Crippen LogP contribution in [0.3, 0.4) is 0 Å². The van der Waals surface area contributed by atoms with Crippen molar-refractivity contribution in [2.75, 3.05) is 59.7 Å². The lowest BCUT2D eigenvalue weighted by Crippen LogP contribution is -2.54. The number of aryl methyl sites for hydroxylation is 2. The summed E-state index contributed by atoms with van der Waals surface area (Å²) < 4.78 is 16.5. The zero-order chi connectivity index (χ0) is 20.9. The van der Waals surface area contributed by atoms with Crippen molar-refractivity contribution >= 4 is 5.91 Å². The third-order valence-electron chi connectivity index (χ3n) is 5.95. The van der Waals surface area contributed by atoms with Crippen LogP contribution in [0.2, 0.25) is 0 Å². The summed E-state index contributed by atoms with van der Waals surface area (Å²) in [4.78, 5) is 16.5. The van der Waals surface area contributed by atoms with Gasteiger partial charge in [-0.3, -0.25) is 9.69 Å². The van der Waals surface area contributed by atoms with Crippen LogP contribution in [-0.2, 0) is 14.3 Å². The van der Waals surface area contributed by atoms with Gasteiger partial charge >= 0.3 is 0 Å². The summed E-state index contributed by atoms with van der Waals surface area (Å²) in [5.41, 5.74) is 1.19. The lowest BCUT2D eigenvalue weighted by Gasteiger charge is -2.37. The summed E-state index contributed by atoms with van der Waals surface area (Å²) >= 11 is 0. The number of carbonyl (C=O) groups excluding carboxylic acids is 1. The van der Waals surface area contributed by atoms with E-state index in [0.29, 0.717) is 19.1 Å². The van der Waals surface area contributed by atoms with E-state index in [4.69, 9.17) is 14.2 Å². The molecule has 2 saturated heterocycles. The van der Waals surface area contributed by atoms with Gasteiger partial charge in [0.2, 0.25) is 5.91 Å². The Morgan fingerprint density at radius 3 is 2.66 bits per heavy atom. The maximum atomic E-state index is 12.5. The molecule has 0 aromatic heterocycles. The van der Waals surface area contributed by atoms with E-state index in [-0.39, 0.29) is 25.7 Å². The van der Waals surface area contributed by atoms with Gasteiger partial charge in [-0.2, -0.15) is 0 Å². The van der Waals surface area contributed by atoms with Gasteiger partial charge in [-0.15, -0.1) is 0 Å². The highest BCUT2D eigenvalue weighted by Crippen LogP contribution is 2.24. The fraction of sp³-hybridized carbons (Fsp3) is 0.682. The third kappa shape index (κ3) is 5.92. The summed E-state index contributed by atoms with van der Waals surface area (Å²) in [5, 5.41) is 11.5. The van der Waals surface area contributed by atoms with E-state index in [9.17, 15) is 9.90 Å². The van der Waals surface area contributed by atoms with Crippen molar-refractivity contribution in [3.05, 3.63) is 29.3 Å². The predicted molar refractivity (Wildman–Crippen MR) is 110 cm³/mol. The number of methoxy groups -OCH3 is 1. The van der Waals surface area contributed by atoms with E-state index in [1.54, 1.807) is 4.90 Å². The second kappa shape index (κ2) is 9.89. The molecule has 7 nitrogen and oxygen atoms in total. The third-order valence-corrected chi connectivity index (χ3v) is 5.95. The molecule has 0 aliphatic carbocycles. The normalized spacial score (nSPS) is 24.3. The molecular formula is C22H34N2O5. The number of nitrogens with zero attached hydrogens (tertiary/aromatic N) is 2. The molecule has 29 heavy (non-hydrogen) atoms. The largest absolute Gasteiger partial charge is 0.490 e. The molecule has 1 amide bonds. The average molecular weight is 407 g/mol. The highest BCUT2D eigenvalue weighted by atomic mass is 16.5. The molecule has 1 N–H and O–H groups in total. The van der Waals surface area contributed by atoms with Crippen LogP contribution in [0.1, 0.15) is 24.0 Å². The number of hydrogen-bond acceptors (Lipinski definition) is 6. The summed E-state index contributed by atoms with van der Waals surface area (Å²) in [7, 11) is 1.51. The molecule has 0 bridgehead atoms. The van der Waals surface area contributed by atoms with E-state index in [2.05, 4.69) is 11.8 Å². The summed E-state index contributed by atoms with van der Waals surface area (Å²) in [6.07, 6.45) is 1.89. The minimum Gasteiger partial charge on any atom is -0.490 e. The first-order chi connectivity index (χ1) is 13.9. The molecule has 1 aromatic carbocycles. The Morgan fingerprint density at radius 1 is 1.21 bits per heavy atom. The van der Waals surface area contributed by atoms with E-state index < -0.39 is 5.60 Å². The van der Waals surface area contributed by atoms with Crippen LogP contribution in [0.15, 0.2) is 18.2 Å². The van der Waals surface area contributed by atoms with E-state index in [1.165, 1.54) is 12.7 Å². The maximum absolute atomic E-state index is 12.5. The number of β-amino-alcohol motifs (C(OH)–C–C–N with tert-alkyl or cyclic N) is 1. The molecule has 162 valence electrons. The maximum Gasteiger partial charge on any atom is 0.248 e. The fourth-order valence-electron chi connectivity index (χ4n) is 4.09. The van der Waals surface area contributed by atoms with Crippen molar-refractivity contribution in [2.24, 2.45) is 0 Å². The Kier molecular flexibility index (Phi) is 7.51. The first-order valence-corrected chi connectivity index (χ1v) is 10.4. The summed E-state index contributed by atoms with van der Waals surface area (Å²) in [5.74, 6) is 0.629. The van der Waals surface area contributed by atoms with Crippen LogP contribution in [0, 0.1) is 13.8 Å². The Bertz CT molecular complexity index is 692. The lowest BCUT2D eigenvalue weighted by atomic mass is 10.0. The van der Waals surface area contributed by atoms with Crippen molar-refractivity contribution in [3.63, 3.8) is 0 Å². The number of carbonyl (C=O) groups is 1. The Labute approximate surface area is 173 Å². The number of benzene rings is 1. The summed E-state index contributed by atoms with van der Waals surface area (Å²) in [6.45, 7) is 7.74. The van der Waals surface area contributed by atoms with E-state index >= 15 is 0 Å². The van der Waals surface area contributed by atoms with Crippen molar-refractivity contribution in [1.82, 2.24) is 9.80 Å². The topological polar surface area (TPSA) is 71.5 Å². The Hall–Kier alpha value is -1.67. The van der Waals surface area contributed by atoms with Crippen molar-refractivity contribution in [1.29, 1.82) is 0 Å². The monoisotopic (exact) mass is 406 g/mol. The zero-order valence-electron chi connectivity index (χ0n) is 17.9. The standard InChI is InChI=1S/C22H34N2O5/c1-17-4-5-20(12-18(17)2)29-16-22(26)14-23(19-6-10-28-11-7-19)8-9-24(15-22)21(25)13-27-3/h4-5,12,19,26H,6-11,13-16H2,1-3H3. The first-order valence-electron chi connectivity index (χ1n) is 10.4. The molecule has 2 aliphatic heterocycles. The quantitative estimate of drug-likeness (QED) is 0.770. The van der Waals surface area contributed by atoms with Gasteiger partial charge in [0.1, 0.15) is 24.6 Å². The number of rotatable bonds is 6. The predicted octanol–water partition coefficient (Wildman–Crippen LogP) is 1.38. The lowest BCUT2D eigenvalue weighted by molar-refractivity contribution is -0.138. The van der Waals surface area contributed by atoms with Gasteiger partial charge in [0.05, 0.1) is 6.54 Å². The molecule has 0 spiro atoms. The molecule has 1 aromatic rings. The van der Waals surface area contributed by atoms with Crippen molar-refractivity contribution in [2.45, 2.75) is 38.3 Å². The van der Waals surface area contributed by atoms with Crippen LogP contribution >= 0.6 is 0 Å². The minimum absolute atomic E-state index is 0.0192. The highest BCUT2D eigenvalue weighted by Gasteiger charge is 2.39. The van der Waals surface area contributed by atoms with Crippen LogP contribution in [0.5, 0.6) is 5.75 Å². The second-order valence-corrected chi connectivity index (χ2v) is 8.32. The molecule has 0 saturated carbocycles. The molecule has 2 aliphatic rings. The summed E-state index contributed by atoms with van der Waals surface area (Å²) in [6, 6.07) is 6.28. The number of ether oxygens (including phenoxy) is 3. The molecule has 3 rings (SSSR count). The van der Waals surface area contributed by atoms with Gasteiger partial charge in [0, 0.05) is 46.0 Å². The second-order valence-electron chi connectivity index (χ2n) is 8.32. The molecule has 1 atom stereocenters.